The third-order valence-electron chi connectivity index (χ3n) is 4.53. The van der Waals surface area contributed by atoms with Gasteiger partial charge in [-0.15, -0.1) is 0 Å². The molecule has 0 N–H and O–H groups in total. The Bertz CT molecular complexity index is 346. The van der Waals surface area contributed by atoms with E-state index >= 15 is 0 Å². The molecule has 3 fully saturated rings. The average molecular weight is 250 g/mol. The fourth-order valence-corrected chi connectivity index (χ4v) is 3.28. The fraction of sp³-hybridized carbons (Fsp3) is 0.857. The van der Waals surface area contributed by atoms with Gasteiger partial charge in [-0.1, -0.05) is 19.3 Å². The van der Waals surface area contributed by atoms with Crippen LogP contribution >= 0.6 is 0 Å². The highest BCUT2D eigenvalue weighted by atomic mass is 16.2. The monoisotopic (exact) mass is 250 g/mol. The Morgan fingerprint density at radius 1 is 0.889 bits per heavy atom. The zero-order chi connectivity index (χ0) is 12.5. The largest absolute Gasteiger partial charge is 0.332 e. The molecule has 3 rings (SSSR count). The summed E-state index contributed by atoms with van der Waals surface area (Å²) in [5, 5.41) is 0. The van der Waals surface area contributed by atoms with Gasteiger partial charge in [-0.2, -0.15) is 0 Å². The first-order valence-corrected chi connectivity index (χ1v) is 7.35. The molecule has 4 heteroatoms. The molecule has 0 bridgehead atoms. The summed E-state index contributed by atoms with van der Waals surface area (Å²) < 4.78 is 0. The van der Waals surface area contributed by atoms with Gasteiger partial charge in [0.2, 0.25) is 0 Å². The van der Waals surface area contributed by atoms with Gasteiger partial charge in [0.15, 0.2) is 0 Å². The molecule has 0 atom stereocenters. The van der Waals surface area contributed by atoms with Gasteiger partial charge in [-0.05, 0) is 31.6 Å². The summed E-state index contributed by atoms with van der Waals surface area (Å²) in [5.74, 6) is 0.126. The molecular formula is C14H22N2O2. The highest BCUT2D eigenvalue weighted by Gasteiger charge is 2.40. The van der Waals surface area contributed by atoms with E-state index in [9.17, 15) is 9.59 Å². The van der Waals surface area contributed by atoms with E-state index in [1.165, 1.54) is 32.1 Å². The highest BCUT2D eigenvalue weighted by molar-refractivity contribution is 6.35. The lowest BCUT2D eigenvalue weighted by Crippen LogP contribution is -2.55. The van der Waals surface area contributed by atoms with Crippen LogP contribution in [0.2, 0.25) is 0 Å². The molecule has 2 amide bonds. The number of rotatable bonds is 3. The number of amides is 2. The molecule has 0 aromatic carbocycles. The van der Waals surface area contributed by atoms with Crippen molar-refractivity contribution >= 4 is 11.8 Å². The minimum Gasteiger partial charge on any atom is -0.332 e. The molecule has 1 heterocycles. The molecule has 0 spiro atoms. The van der Waals surface area contributed by atoms with Gasteiger partial charge in [-0.3, -0.25) is 9.59 Å². The molecule has 4 nitrogen and oxygen atoms in total. The number of hydrogen-bond acceptors (Lipinski definition) is 2. The minimum absolute atomic E-state index is 0.250. The van der Waals surface area contributed by atoms with Crippen molar-refractivity contribution in [2.45, 2.75) is 51.0 Å². The lowest BCUT2D eigenvalue weighted by Gasteiger charge is -2.36. The number of piperazine rings is 1. The normalized spacial score (nSPS) is 26.9. The van der Waals surface area contributed by atoms with Crippen LogP contribution in [0.1, 0.15) is 44.9 Å². The summed E-state index contributed by atoms with van der Waals surface area (Å²) in [5.41, 5.74) is 0. The lowest BCUT2D eigenvalue weighted by molar-refractivity contribution is -0.157. The van der Waals surface area contributed by atoms with Gasteiger partial charge in [0.05, 0.1) is 0 Å². The van der Waals surface area contributed by atoms with Gasteiger partial charge in [0.1, 0.15) is 0 Å². The van der Waals surface area contributed by atoms with E-state index in [1.54, 1.807) is 9.80 Å². The first kappa shape index (κ1) is 12.0. The number of carbonyl (C=O) groups is 2. The molecule has 2 saturated carbocycles. The van der Waals surface area contributed by atoms with Crippen LogP contribution in [0.3, 0.4) is 0 Å². The van der Waals surface area contributed by atoms with E-state index in [-0.39, 0.29) is 11.8 Å². The average Bonchev–Trinajstić information content (AvgIpc) is 3.21. The van der Waals surface area contributed by atoms with Crippen molar-refractivity contribution in [3.8, 4) is 0 Å². The van der Waals surface area contributed by atoms with Crippen LogP contribution in [0.15, 0.2) is 0 Å². The summed E-state index contributed by atoms with van der Waals surface area (Å²) in [7, 11) is 0. The fourth-order valence-electron chi connectivity index (χ4n) is 3.28. The van der Waals surface area contributed by atoms with Crippen LogP contribution in [-0.2, 0) is 9.59 Å². The Morgan fingerprint density at radius 2 is 1.61 bits per heavy atom. The number of hydrogen-bond donors (Lipinski definition) is 0. The van der Waals surface area contributed by atoms with Crippen molar-refractivity contribution in [1.82, 2.24) is 9.80 Å². The molecule has 3 aliphatic rings. The SMILES string of the molecule is O=C1C(=O)N(C2CC2)CCN1CC1CCCCC1. The van der Waals surface area contributed by atoms with Crippen molar-refractivity contribution < 1.29 is 9.59 Å². The lowest BCUT2D eigenvalue weighted by atomic mass is 9.89. The van der Waals surface area contributed by atoms with Crippen molar-refractivity contribution in [3.05, 3.63) is 0 Å². The molecule has 100 valence electrons. The molecule has 0 unspecified atom stereocenters. The Kier molecular flexibility index (Phi) is 3.27. The Labute approximate surface area is 108 Å². The van der Waals surface area contributed by atoms with E-state index in [0.29, 0.717) is 12.0 Å². The standard InChI is InChI=1S/C14H22N2O2/c17-13-14(18)16(12-6-7-12)9-8-15(13)10-11-4-2-1-3-5-11/h11-12H,1-10H2. The van der Waals surface area contributed by atoms with E-state index in [0.717, 1.165) is 32.5 Å². The predicted octanol–water partition coefficient (Wildman–Crippen LogP) is 1.40. The Hall–Kier alpha value is -1.06. The van der Waals surface area contributed by atoms with Gasteiger partial charge in [-0.25, -0.2) is 0 Å². The van der Waals surface area contributed by atoms with Crippen LogP contribution in [0.4, 0.5) is 0 Å². The smallest absolute Gasteiger partial charge is 0.312 e. The minimum atomic E-state index is -0.251. The molecule has 0 radical (unpaired) electrons. The van der Waals surface area contributed by atoms with Crippen molar-refractivity contribution in [1.29, 1.82) is 0 Å². The molecule has 1 aliphatic heterocycles. The molecule has 0 aromatic rings. The number of nitrogens with zero attached hydrogens (tertiary/aromatic N) is 2. The van der Waals surface area contributed by atoms with Crippen LogP contribution < -0.4 is 0 Å². The molecular weight excluding hydrogens is 228 g/mol. The predicted molar refractivity (Wildman–Crippen MR) is 67.9 cm³/mol. The second-order valence-corrected chi connectivity index (χ2v) is 5.98. The molecule has 0 aromatic heterocycles. The molecule has 2 aliphatic carbocycles. The maximum absolute atomic E-state index is 12.1. The van der Waals surface area contributed by atoms with E-state index in [1.807, 2.05) is 0 Å². The van der Waals surface area contributed by atoms with Gasteiger partial charge in [0, 0.05) is 25.7 Å². The number of carbonyl (C=O) groups excluding carboxylic acids is 2. The molecule has 1 saturated heterocycles. The zero-order valence-electron chi connectivity index (χ0n) is 10.9. The third kappa shape index (κ3) is 2.38. The van der Waals surface area contributed by atoms with E-state index in [2.05, 4.69) is 0 Å². The second kappa shape index (κ2) is 4.90. The third-order valence-corrected chi connectivity index (χ3v) is 4.53. The van der Waals surface area contributed by atoms with E-state index < -0.39 is 0 Å². The van der Waals surface area contributed by atoms with E-state index in [4.69, 9.17) is 0 Å². The first-order chi connectivity index (χ1) is 8.75. The Balaban J connectivity index is 1.57. The van der Waals surface area contributed by atoms with Crippen molar-refractivity contribution in [2.75, 3.05) is 19.6 Å². The Morgan fingerprint density at radius 3 is 2.28 bits per heavy atom. The summed E-state index contributed by atoms with van der Waals surface area (Å²) in [4.78, 5) is 27.7. The first-order valence-electron chi connectivity index (χ1n) is 7.35. The summed E-state index contributed by atoms with van der Waals surface area (Å²) in [6.07, 6.45) is 8.53. The van der Waals surface area contributed by atoms with Crippen LogP contribution in [0, 0.1) is 5.92 Å². The topological polar surface area (TPSA) is 40.6 Å². The van der Waals surface area contributed by atoms with Crippen LogP contribution in [0.25, 0.3) is 0 Å². The van der Waals surface area contributed by atoms with Gasteiger partial charge in [0.25, 0.3) is 0 Å². The highest BCUT2D eigenvalue weighted by Crippen LogP contribution is 2.29. The quantitative estimate of drug-likeness (QED) is 0.710. The van der Waals surface area contributed by atoms with Crippen LogP contribution in [0.5, 0.6) is 0 Å². The molecule has 18 heavy (non-hydrogen) atoms. The van der Waals surface area contributed by atoms with Crippen LogP contribution in [-0.4, -0.2) is 47.3 Å². The van der Waals surface area contributed by atoms with Crippen molar-refractivity contribution in [2.24, 2.45) is 5.92 Å². The zero-order valence-corrected chi connectivity index (χ0v) is 10.9. The summed E-state index contributed by atoms with van der Waals surface area (Å²) >= 11 is 0. The maximum Gasteiger partial charge on any atom is 0.312 e. The summed E-state index contributed by atoms with van der Waals surface area (Å²) in [6.45, 7) is 2.31. The van der Waals surface area contributed by atoms with Crippen molar-refractivity contribution in [3.63, 3.8) is 0 Å². The van der Waals surface area contributed by atoms with Gasteiger partial charge < -0.3 is 9.80 Å². The van der Waals surface area contributed by atoms with Gasteiger partial charge >= 0.3 is 11.8 Å². The summed E-state index contributed by atoms with van der Waals surface area (Å²) in [6, 6.07) is 0.373. The second-order valence-electron chi connectivity index (χ2n) is 5.98. The maximum atomic E-state index is 12.1.